The van der Waals surface area contributed by atoms with E-state index in [-0.39, 0.29) is 6.42 Å². The normalized spacial score (nSPS) is 20.4. The molecule has 1 fully saturated rings. The van der Waals surface area contributed by atoms with Gasteiger partial charge in [0.1, 0.15) is 5.83 Å². The van der Waals surface area contributed by atoms with E-state index in [0.717, 1.165) is 30.2 Å². The molecule has 0 aliphatic heterocycles. The average Bonchev–Trinajstić information content (AvgIpc) is 2.78. The molecule has 0 amide bonds. The van der Waals surface area contributed by atoms with E-state index in [4.69, 9.17) is 0 Å². The first-order valence-corrected chi connectivity index (χ1v) is 11.3. The van der Waals surface area contributed by atoms with Gasteiger partial charge in [-0.25, -0.2) is 8.78 Å². The summed E-state index contributed by atoms with van der Waals surface area (Å²) in [7, 11) is 0. The second-order valence-electron chi connectivity index (χ2n) is 8.52. The first-order chi connectivity index (χ1) is 14.1. The molecule has 156 valence electrons. The van der Waals surface area contributed by atoms with Crippen molar-refractivity contribution in [1.82, 2.24) is 0 Å². The van der Waals surface area contributed by atoms with Crippen LogP contribution < -0.4 is 0 Å². The molecule has 1 aliphatic rings. The lowest BCUT2D eigenvalue weighted by Crippen LogP contribution is -2.13. The van der Waals surface area contributed by atoms with Crippen LogP contribution in [0.2, 0.25) is 0 Å². The number of halogens is 2. The third kappa shape index (κ3) is 6.01. The summed E-state index contributed by atoms with van der Waals surface area (Å²) in [5.41, 5.74) is 4.30. The van der Waals surface area contributed by atoms with Gasteiger partial charge in [0, 0.05) is 5.56 Å². The zero-order valence-electron chi connectivity index (χ0n) is 17.9. The quantitative estimate of drug-likeness (QED) is 0.419. The van der Waals surface area contributed by atoms with E-state index in [2.05, 4.69) is 31.2 Å². The van der Waals surface area contributed by atoms with Crippen molar-refractivity contribution in [2.24, 2.45) is 5.92 Å². The minimum absolute atomic E-state index is 0.0871. The Bertz CT molecular complexity index is 778. The van der Waals surface area contributed by atoms with Crippen LogP contribution in [0, 0.1) is 5.92 Å². The van der Waals surface area contributed by atoms with Gasteiger partial charge < -0.3 is 0 Å². The van der Waals surface area contributed by atoms with Gasteiger partial charge in [-0.1, -0.05) is 75.2 Å². The van der Waals surface area contributed by atoms with Crippen molar-refractivity contribution in [3.8, 4) is 0 Å². The van der Waals surface area contributed by atoms with Crippen molar-refractivity contribution in [1.29, 1.82) is 0 Å². The molecular weight excluding hydrogens is 362 g/mol. The topological polar surface area (TPSA) is 0 Å². The standard InChI is InChI=1S/C27H34F2/c1-3-5-20-8-14-23(15-9-20)24-16-10-21(11-17-24)6-7-22-12-18-25(19-13-22)27(29)26(28)4-2/h10-13,16-20,23H,3-9,14-15H2,1-2H3/b27-26-. The fourth-order valence-electron chi connectivity index (χ4n) is 4.57. The van der Waals surface area contributed by atoms with Gasteiger partial charge in [-0.05, 0) is 73.5 Å². The molecule has 0 unspecified atom stereocenters. The Morgan fingerprint density at radius 1 is 0.793 bits per heavy atom. The van der Waals surface area contributed by atoms with Gasteiger partial charge >= 0.3 is 0 Å². The lowest BCUT2D eigenvalue weighted by Gasteiger charge is -2.28. The van der Waals surface area contributed by atoms with E-state index in [0.29, 0.717) is 5.56 Å². The molecule has 0 heterocycles. The molecule has 2 aromatic rings. The summed E-state index contributed by atoms with van der Waals surface area (Å²) in [6.45, 7) is 3.91. The Labute approximate surface area is 175 Å². The van der Waals surface area contributed by atoms with E-state index < -0.39 is 11.7 Å². The van der Waals surface area contributed by atoms with Crippen LogP contribution in [-0.2, 0) is 12.8 Å². The van der Waals surface area contributed by atoms with Crippen molar-refractivity contribution in [2.75, 3.05) is 0 Å². The molecule has 1 aliphatic carbocycles. The fraction of sp³-hybridized carbons (Fsp3) is 0.481. The summed E-state index contributed by atoms with van der Waals surface area (Å²) in [6.07, 6.45) is 10.1. The fourth-order valence-corrected chi connectivity index (χ4v) is 4.57. The zero-order valence-corrected chi connectivity index (χ0v) is 17.9. The minimum atomic E-state index is -0.738. The maximum Gasteiger partial charge on any atom is 0.161 e. The number of allylic oxidation sites excluding steroid dienone is 1. The Kier molecular flexibility index (Phi) is 8.03. The lowest BCUT2D eigenvalue weighted by atomic mass is 9.77. The maximum atomic E-state index is 13.9. The van der Waals surface area contributed by atoms with Crippen LogP contribution in [0.4, 0.5) is 8.78 Å². The highest BCUT2D eigenvalue weighted by atomic mass is 19.2. The lowest BCUT2D eigenvalue weighted by molar-refractivity contribution is 0.308. The largest absolute Gasteiger partial charge is 0.209 e. The van der Waals surface area contributed by atoms with Gasteiger partial charge in [-0.3, -0.25) is 0 Å². The minimum Gasteiger partial charge on any atom is -0.209 e. The first kappa shape index (κ1) is 21.7. The van der Waals surface area contributed by atoms with Crippen LogP contribution in [0.5, 0.6) is 0 Å². The van der Waals surface area contributed by atoms with Crippen molar-refractivity contribution < 1.29 is 8.78 Å². The summed E-state index contributed by atoms with van der Waals surface area (Å²) < 4.78 is 27.3. The highest BCUT2D eigenvalue weighted by molar-refractivity contribution is 5.61. The zero-order chi connectivity index (χ0) is 20.6. The Morgan fingerprint density at radius 3 is 1.86 bits per heavy atom. The predicted octanol–water partition coefficient (Wildman–Crippen LogP) is 8.56. The molecule has 0 saturated heterocycles. The smallest absolute Gasteiger partial charge is 0.161 e. The van der Waals surface area contributed by atoms with Crippen LogP contribution in [0.15, 0.2) is 54.4 Å². The molecule has 0 bridgehead atoms. The Balaban J connectivity index is 1.52. The van der Waals surface area contributed by atoms with Crippen LogP contribution in [-0.4, -0.2) is 0 Å². The molecule has 0 N–H and O–H groups in total. The molecule has 29 heavy (non-hydrogen) atoms. The maximum absolute atomic E-state index is 13.9. The highest BCUT2D eigenvalue weighted by Gasteiger charge is 2.21. The van der Waals surface area contributed by atoms with E-state index in [1.54, 1.807) is 19.1 Å². The van der Waals surface area contributed by atoms with E-state index >= 15 is 0 Å². The van der Waals surface area contributed by atoms with Crippen LogP contribution in [0.3, 0.4) is 0 Å². The molecule has 0 nitrogen and oxygen atoms in total. The summed E-state index contributed by atoms with van der Waals surface area (Å²) in [6, 6.07) is 16.3. The number of aryl methyl sites for hydroxylation is 2. The van der Waals surface area contributed by atoms with Crippen LogP contribution in [0.25, 0.3) is 5.83 Å². The van der Waals surface area contributed by atoms with Gasteiger partial charge in [-0.15, -0.1) is 0 Å². The van der Waals surface area contributed by atoms with Gasteiger partial charge in [0.25, 0.3) is 0 Å². The summed E-state index contributed by atoms with van der Waals surface area (Å²) >= 11 is 0. The molecule has 2 aromatic carbocycles. The third-order valence-electron chi connectivity index (χ3n) is 6.45. The third-order valence-corrected chi connectivity index (χ3v) is 6.45. The second kappa shape index (κ2) is 10.7. The predicted molar refractivity (Wildman–Crippen MR) is 119 cm³/mol. The molecule has 2 heteroatoms. The average molecular weight is 397 g/mol. The van der Waals surface area contributed by atoms with Crippen LogP contribution >= 0.6 is 0 Å². The van der Waals surface area contributed by atoms with Gasteiger partial charge in [0.15, 0.2) is 5.83 Å². The van der Waals surface area contributed by atoms with Crippen molar-refractivity contribution in [3.05, 3.63) is 76.6 Å². The molecule has 0 aromatic heterocycles. The van der Waals surface area contributed by atoms with Crippen molar-refractivity contribution >= 4 is 5.83 Å². The van der Waals surface area contributed by atoms with E-state index in [1.165, 1.54) is 49.7 Å². The Morgan fingerprint density at radius 2 is 1.34 bits per heavy atom. The van der Waals surface area contributed by atoms with E-state index in [9.17, 15) is 8.78 Å². The number of hydrogen-bond donors (Lipinski definition) is 0. The van der Waals surface area contributed by atoms with Gasteiger partial charge in [-0.2, -0.15) is 0 Å². The van der Waals surface area contributed by atoms with Gasteiger partial charge in [0.05, 0.1) is 0 Å². The molecule has 0 spiro atoms. The number of benzene rings is 2. The number of rotatable bonds is 8. The van der Waals surface area contributed by atoms with Crippen LogP contribution in [0.1, 0.15) is 87.0 Å². The summed E-state index contributed by atoms with van der Waals surface area (Å²) in [5, 5.41) is 0. The van der Waals surface area contributed by atoms with Crippen molar-refractivity contribution in [3.63, 3.8) is 0 Å². The number of hydrogen-bond acceptors (Lipinski definition) is 0. The monoisotopic (exact) mass is 396 g/mol. The molecule has 0 radical (unpaired) electrons. The summed E-state index contributed by atoms with van der Waals surface area (Å²) in [4.78, 5) is 0. The highest BCUT2D eigenvalue weighted by Crippen LogP contribution is 2.37. The van der Waals surface area contributed by atoms with Gasteiger partial charge in [0.2, 0.25) is 0 Å². The SMILES string of the molecule is CCCC1CCC(c2ccc(CCc3ccc(/C(F)=C(/F)CC)cc3)cc2)CC1. The second-order valence-corrected chi connectivity index (χ2v) is 8.52. The molecule has 3 rings (SSSR count). The molecular formula is C27H34F2. The summed E-state index contributed by atoms with van der Waals surface area (Å²) in [5.74, 6) is 0.260. The van der Waals surface area contributed by atoms with E-state index in [1.807, 2.05) is 12.1 Å². The molecule has 0 atom stereocenters. The van der Waals surface area contributed by atoms with Crippen molar-refractivity contribution in [2.45, 2.75) is 77.6 Å². The Hall–Kier alpha value is -1.96. The molecule has 1 saturated carbocycles. The first-order valence-electron chi connectivity index (χ1n) is 11.3.